The largest absolute Gasteiger partial charge is 0.497 e. The number of aromatic nitrogens is 3. The molecule has 0 N–H and O–H groups in total. The molecule has 0 saturated carbocycles. The topological polar surface area (TPSA) is 58.4 Å². The van der Waals surface area contributed by atoms with Crippen LogP contribution in [0.15, 0.2) is 48.7 Å². The van der Waals surface area contributed by atoms with Gasteiger partial charge in [0.15, 0.2) is 0 Å². The second-order valence-electron chi connectivity index (χ2n) is 6.95. The fraction of sp³-hybridized carbons (Fsp3) is 0.217. The van der Waals surface area contributed by atoms with E-state index in [0.717, 1.165) is 44.9 Å². The Kier molecular flexibility index (Phi) is 5.50. The molecule has 2 aromatic carbocycles. The molecule has 30 heavy (non-hydrogen) atoms. The predicted octanol–water partition coefficient (Wildman–Crippen LogP) is 5.29. The van der Waals surface area contributed by atoms with Crippen LogP contribution in [0.1, 0.15) is 16.8 Å². The summed E-state index contributed by atoms with van der Waals surface area (Å²) in [5.74, 6) is 2.22. The van der Waals surface area contributed by atoms with Crippen LogP contribution in [-0.4, -0.2) is 29.0 Å². The molecule has 0 aliphatic rings. The third-order valence-electron chi connectivity index (χ3n) is 4.97. The summed E-state index contributed by atoms with van der Waals surface area (Å²) in [7, 11) is 3.28. The third-order valence-corrected chi connectivity index (χ3v) is 5.18. The molecule has 2 aromatic heterocycles. The average Bonchev–Trinajstić information content (AvgIpc) is 3.08. The van der Waals surface area contributed by atoms with Crippen molar-refractivity contribution in [1.82, 2.24) is 14.8 Å². The minimum Gasteiger partial charge on any atom is -0.497 e. The summed E-state index contributed by atoms with van der Waals surface area (Å²) in [6, 6.07) is 13.5. The lowest BCUT2D eigenvalue weighted by Crippen LogP contribution is -2.03. The van der Waals surface area contributed by atoms with Gasteiger partial charge >= 0.3 is 0 Å². The summed E-state index contributed by atoms with van der Waals surface area (Å²) in [6.07, 6.45) is 1.74. The fourth-order valence-corrected chi connectivity index (χ4v) is 3.49. The molecule has 0 amide bonds. The van der Waals surface area contributed by atoms with E-state index in [0.29, 0.717) is 17.5 Å². The van der Waals surface area contributed by atoms with Gasteiger partial charge in [-0.3, -0.25) is 0 Å². The van der Waals surface area contributed by atoms with Gasteiger partial charge in [-0.25, -0.2) is 9.67 Å². The molecule has 154 valence electrons. The highest BCUT2D eigenvalue weighted by molar-refractivity contribution is 6.30. The van der Waals surface area contributed by atoms with Gasteiger partial charge in [-0.15, -0.1) is 0 Å². The third kappa shape index (κ3) is 3.78. The normalized spacial score (nSPS) is 11.0. The van der Waals surface area contributed by atoms with E-state index in [1.165, 1.54) is 0 Å². The molecule has 6 nitrogen and oxygen atoms in total. The van der Waals surface area contributed by atoms with E-state index < -0.39 is 0 Å². The zero-order chi connectivity index (χ0) is 21.3. The molecule has 0 spiro atoms. The summed E-state index contributed by atoms with van der Waals surface area (Å²) < 4.78 is 18.7. The molecule has 0 radical (unpaired) electrons. The Bertz CT molecular complexity index is 1200. The molecular formula is C23H22ClN3O3. The lowest BCUT2D eigenvalue weighted by molar-refractivity contribution is 0.301. The van der Waals surface area contributed by atoms with E-state index in [2.05, 4.69) is 10.1 Å². The van der Waals surface area contributed by atoms with E-state index in [-0.39, 0.29) is 0 Å². The maximum atomic E-state index is 6.12. The van der Waals surface area contributed by atoms with Crippen molar-refractivity contribution < 1.29 is 14.2 Å². The van der Waals surface area contributed by atoms with Gasteiger partial charge in [-0.1, -0.05) is 23.7 Å². The Morgan fingerprint density at radius 1 is 0.967 bits per heavy atom. The highest BCUT2D eigenvalue weighted by Gasteiger charge is 2.16. The van der Waals surface area contributed by atoms with E-state index in [9.17, 15) is 0 Å². The van der Waals surface area contributed by atoms with Crippen LogP contribution in [-0.2, 0) is 6.61 Å². The molecule has 0 aliphatic heterocycles. The molecule has 0 saturated heterocycles. The summed E-state index contributed by atoms with van der Waals surface area (Å²) >= 11 is 6.12. The molecule has 0 fully saturated rings. The SMILES string of the molecule is COc1ccc(COc2cc(OC)c(-n3nc(C)c4cnc(Cl)cc43)cc2C)cc1. The Hall–Kier alpha value is -3.25. The maximum absolute atomic E-state index is 6.12. The lowest BCUT2D eigenvalue weighted by Gasteiger charge is -2.15. The quantitative estimate of drug-likeness (QED) is 0.394. The van der Waals surface area contributed by atoms with Crippen LogP contribution in [0.25, 0.3) is 16.6 Å². The van der Waals surface area contributed by atoms with Crippen molar-refractivity contribution in [2.24, 2.45) is 0 Å². The van der Waals surface area contributed by atoms with Crippen LogP contribution in [0.5, 0.6) is 17.2 Å². The lowest BCUT2D eigenvalue weighted by atomic mass is 10.1. The number of nitrogens with zero attached hydrogens (tertiary/aromatic N) is 3. The monoisotopic (exact) mass is 423 g/mol. The van der Waals surface area contributed by atoms with Crippen molar-refractivity contribution in [1.29, 1.82) is 0 Å². The van der Waals surface area contributed by atoms with Gasteiger partial charge in [-0.05, 0) is 43.2 Å². The van der Waals surface area contributed by atoms with Gasteiger partial charge in [0, 0.05) is 23.7 Å². The van der Waals surface area contributed by atoms with E-state index >= 15 is 0 Å². The minimum absolute atomic E-state index is 0.416. The first kappa shape index (κ1) is 20.0. The number of hydrogen-bond acceptors (Lipinski definition) is 5. The predicted molar refractivity (Wildman–Crippen MR) is 117 cm³/mol. The van der Waals surface area contributed by atoms with Crippen molar-refractivity contribution in [2.75, 3.05) is 14.2 Å². The molecule has 7 heteroatoms. The first-order chi connectivity index (χ1) is 14.5. The Morgan fingerprint density at radius 2 is 1.73 bits per heavy atom. The molecule has 0 bridgehead atoms. The fourth-order valence-electron chi connectivity index (χ4n) is 3.34. The minimum atomic E-state index is 0.416. The standard InChI is InChI=1S/C23H22ClN3O3/c1-14-9-20(27-19-10-23(24)25-12-18(19)15(2)26-27)22(29-4)11-21(14)30-13-16-5-7-17(28-3)8-6-16/h5-12H,13H2,1-4H3. The number of halogens is 1. The molecule has 0 unspecified atom stereocenters. The number of ether oxygens (including phenoxy) is 3. The van der Waals surface area contributed by atoms with Gasteiger partial charge in [0.05, 0.1) is 25.4 Å². The van der Waals surface area contributed by atoms with E-state index in [1.807, 2.05) is 54.9 Å². The number of fused-ring (bicyclic) bond motifs is 1. The molecule has 4 aromatic rings. The highest BCUT2D eigenvalue weighted by atomic mass is 35.5. The molecule has 0 atom stereocenters. The second-order valence-corrected chi connectivity index (χ2v) is 7.33. The zero-order valence-corrected chi connectivity index (χ0v) is 18.0. The van der Waals surface area contributed by atoms with E-state index in [4.69, 9.17) is 25.8 Å². The number of hydrogen-bond donors (Lipinski definition) is 0. The van der Waals surface area contributed by atoms with Gasteiger partial charge in [0.25, 0.3) is 0 Å². The first-order valence-electron chi connectivity index (χ1n) is 9.45. The Balaban J connectivity index is 1.68. The van der Waals surface area contributed by atoms with Gasteiger partial charge in [0.2, 0.25) is 0 Å². The maximum Gasteiger partial charge on any atom is 0.148 e. The van der Waals surface area contributed by atoms with Gasteiger partial charge in [0.1, 0.15) is 34.7 Å². The molecule has 0 aliphatic carbocycles. The number of rotatable bonds is 6. The van der Waals surface area contributed by atoms with Gasteiger partial charge < -0.3 is 14.2 Å². The molecular weight excluding hydrogens is 402 g/mol. The first-order valence-corrected chi connectivity index (χ1v) is 9.83. The van der Waals surface area contributed by atoms with Crippen molar-refractivity contribution in [3.05, 3.63) is 70.6 Å². The Morgan fingerprint density at radius 3 is 2.43 bits per heavy atom. The van der Waals surface area contributed by atoms with Crippen LogP contribution in [0.4, 0.5) is 0 Å². The summed E-state index contributed by atoms with van der Waals surface area (Å²) in [5, 5.41) is 6.03. The average molecular weight is 424 g/mol. The van der Waals surface area contributed by atoms with Crippen LogP contribution < -0.4 is 14.2 Å². The summed E-state index contributed by atoms with van der Waals surface area (Å²) in [6.45, 7) is 4.39. The highest BCUT2D eigenvalue weighted by Crippen LogP contribution is 2.34. The summed E-state index contributed by atoms with van der Waals surface area (Å²) in [5.41, 5.74) is 4.58. The summed E-state index contributed by atoms with van der Waals surface area (Å²) in [4.78, 5) is 4.17. The van der Waals surface area contributed by atoms with Crippen molar-refractivity contribution >= 4 is 22.5 Å². The van der Waals surface area contributed by atoms with Crippen molar-refractivity contribution in [2.45, 2.75) is 20.5 Å². The smallest absolute Gasteiger partial charge is 0.148 e. The van der Waals surface area contributed by atoms with Gasteiger partial charge in [-0.2, -0.15) is 5.10 Å². The van der Waals surface area contributed by atoms with E-state index in [1.54, 1.807) is 26.5 Å². The number of aryl methyl sites for hydroxylation is 2. The van der Waals surface area contributed by atoms with Crippen LogP contribution in [0.2, 0.25) is 5.15 Å². The van der Waals surface area contributed by atoms with Crippen LogP contribution >= 0.6 is 11.6 Å². The molecule has 4 rings (SSSR count). The number of pyridine rings is 1. The van der Waals surface area contributed by atoms with Crippen LogP contribution in [0.3, 0.4) is 0 Å². The molecule has 2 heterocycles. The second kappa shape index (κ2) is 8.24. The van der Waals surface area contributed by atoms with Crippen molar-refractivity contribution in [3.8, 4) is 22.9 Å². The number of benzene rings is 2. The Labute approximate surface area is 180 Å². The van der Waals surface area contributed by atoms with Crippen LogP contribution in [0, 0.1) is 13.8 Å². The zero-order valence-electron chi connectivity index (χ0n) is 17.3. The van der Waals surface area contributed by atoms with Crippen molar-refractivity contribution in [3.63, 3.8) is 0 Å². The number of methoxy groups -OCH3 is 2.